The third-order valence-electron chi connectivity index (χ3n) is 5.15. The first-order valence-electron chi connectivity index (χ1n) is 8.61. The van der Waals surface area contributed by atoms with Crippen molar-refractivity contribution in [2.24, 2.45) is 0 Å². The van der Waals surface area contributed by atoms with Crippen LogP contribution >= 0.6 is 0 Å². The summed E-state index contributed by atoms with van der Waals surface area (Å²) in [6, 6.07) is 2.03. The van der Waals surface area contributed by atoms with Gasteiger partial charge in [0.2, 0.25) is 5.91 Å². The fourth-order valence-corrected chi connectivity index (χ4v) is 3.64. The van der Waals surface area contributed by atoms with E-state index in [2.05, 4.69) is 14.5 Å². The minimum atomic E-state index is 0.140. The molecule has 1 atom stereocenters. The molecule has 1 saturated heterocycles. The minimum Gasteiger partial charge on any atom is -0.342 e. The van der Waals surface area contributed by atoms with Crippen LogP contribution < -0.4 is 0 Å². The topological polar surface area (TPSA) is 68.3 Å². The Kier molecular flexibility index (Phi) is 3.78. The van der Waals surface area contributed by atoms with Gasteiger partial charge in [0.1, 0.15) is 5.82 Å². The Morgan fingerprint density at radius 1 is 1.28 bits per heavy atom. The molecule has 0 aliphatic carbocycles. The zero-order chi connectivity index (χ0) is 17.6. The van der Waals surface area contributed by atoms with Crippen LogP contribution in [0.4, 0.5) is 0 Å². The molecule has 7 nitrogen and oxygen atoms in total. The van der Waals surface area contributed by atoms with Crippen LogP contribution in [-0.2, 0) is 11.3 Å². The zero-order valence-electron chi connectivity index (χ0n) is 14.8. The van der Waals surface area contributed by atoms with Crippen LogP contribution in [0.2, 0.25) is 0 Å². The zero-order valence-corrected chi connectivity index (χ0v) is 14.8. The van der Waals surface area contributed by atoms with Crippen molar-refractivity contribution < 1.29 is 4.79 Å². The van der Waals surface area contributed by atoms with Crippen molar-refractivity contribution in [3.63, 3.8) is 0 Å². The molecule has 0 aromatic carbocycles. The van der Waals surface area contributed by atoms with Crippen molar-refractivity contribution in [1.82, 2.24) is 29.0 Å². The van der Waals surface area contributed by atoms with Crippen molar-refractivity contribution in [3.8, 4) is 0 Å². The van der Waals surface area contributed by atoms with Crippen LogP contribution in [0, 0.1) is 13.8 Å². The van der Waals surface area contributed by atoms with Crippen molar-refractivity contribution >= 4 is 11.6 Å². The fraction of sp³-hybridized carbons (Fsp3) is 0.444. The highest BCUT2D eigenvalue weighted by atomic mass is 16.2. The number of carbonyl (C=O) groups is 1. The monoisotopic (exact) mass is 338 g/mol. The van der Waals surface area contributed by atoms with Gasteiger partial charge in [0, 0.05) is 50.1 Å². The molecule has 0 radical (unpaired) electrons. The molecule has 7 heteroatoms. The van der Waals surface area contributed by atoms with Crippen molar-refractivity contribution in [2.45, 2.75) is 39.7 Å². The summed E-state index contributed by atoms with van der Waals surface area (Å²) in [5.74, 6) is 1.42. The van der Waals surface area contributed by atoms with Gasteiger partial charge in [-0.25, -0.2) is 14.5 Å². The number of aromatic nitrogens is 5. The number of carbonyl (C=O) groups excluding carboxylic acids is 1. The number of hydrogen-bond donors (Lipinski definition) is 0. The second kappa shape index (κ2) is 5.98. The second-order valence-electron chi connectivity index (χ2n) is 6.72. The number of amides is 1. The van der Waals surface area contributed by atoms with Gasteiger partial charge in [0.15, 0.2) is 5.65 Å². The number of aryl methyl sites for hydroxylation is 2. The lowest BCUT2D eigenvalue weighted by Crippen LogP contribution is -2.25. The summed E-state index contributed by atoms with van der Waals surface area (Å²) in [6.45, 7) is 7.93. The predicted molar refractivity (Wildman–Crippen MR) is 93.4 cm³/mol. The van der Waals surface area contributed by atoms with Gasteiger partial charge in [0.05, 0.1) is 17.9 Å². The highest BCUT2D eigenvalue weighted by Crippen LogP contribution is 2.28. The van der Waals surface area contributed by atoms with E-state index in [-0.39, 0.29) is 5.91 Å². The largest absolute Gasteiger partial charge is 0.342 e. The summed E-state index contributed by atoms with van der Waals surface area (Å²) in [4.78, 5) is 22.4. The molecule has 130 valence electrons. The Hall–Kier alpha value is -2.70. The molecule has 3 aromatic rings. The van der Waals surface area contributed by atoms with E-state index in [0.29, 0.717) is 12.5 Å². The van der Waals surface area contributed by atoms with E-state index < -0.39 is 0 Å². The van der Waals surface area contributed by atoms with Gasteiger partial charge in [-0.3, -0.25) is 4.79 Å². The van der Waals surface area contributed by atoms with E-state index in [4.69, 9.17) is 5.10 Å². The number of nitrogens with zero attached hydrogens (tertiary/aromatic N) is 6. The Balaban J connectivity index is 1.73. The van der Waals surface area contributed by atoms with Crippen LogP contribution in [0.1, 0.15) is 42.0 Å². The Morgan fingerprint density at radius 2 is 2.12 bits per heavy atom. The first-order chi connectivity index (χ1) is 12.0. The molecule has 1 amide bonds. The average Bonchev–Trinajstić information content (AvgIpc) is 3.28. The number of hydrogen-bond acceptors (Lipinski definition) is 4. The standard InChI is InChI=1S/C18H22N6O/c1-12-16(11-22-9-7-19-13(22)2)18-20-6-4-17(24(18)21-12)15-5-8-23(10-15)14(3)25/h4,6-7,9,15H,5,8,10-11H2,1-3H3/t15-/m1/s1. The number of imidazole rings is 1. The van der Waals surface area contributed by atoms with E-state index in [1.54, 1.807) is 6.92 Å². The molecular weight excluding hydrogens is 316 g/mol. The molecular formula is C18H22N6O. The van der Waals surface area contributed by atoms with E-state index >= 15 is 0 Å². The maximum absolute atomic E-state index is 11.6. The molecule has 1 fully saturated rings. The normalized spacial score (nSPS) is 17.6. The van der Waals surface area contributed by atoms with Crippen LogP contribution in [0.3, 0.4) is 0 Å². The van der Waals surface area contributed by atoms with Crippen molar-refractivity contribution in [2.75, 3.05) is 13.1 Å². The van der Waals surface area contributed by atoms with Gasteiger partial charge in [-0.2, -0.15) is 5.10 Å². The average molecular weight is 338 g/mol. The molecule has 0 N–H and O–H groups in total. The quantitative estimate of drug-likeness (QED) is 0.732. The lowest BCUT2D eigenvalue weighted by Gasteiger charge is -2.14. The lowest BCUT2D eigenvalue weighted by atomic mass is 10.0. The second-order valence-corrected chi connectivity index (χ2v) is 6.72. The first-order valence-corrected chi connectivity index (χ1v) is 8.61. The summed E-state index contributed by atoms with van der Waals surface area (Å²) in [5, 5.41) is 4.75. The highest BCUT2D eigenvalue weighted by Gasteiger charge is 2.28. The van der Waals surface area contributed by atoms with Crippen LogP contribution in [0.5, 0.6) is 0 Å². The van der Waals surface area contributed by atoms with Crippen LogP contribution in [0.25, 0.3) is 5.65 Å². The number of fused-ring (bicyclic) bond motifs is 1. The number of rotatable bonds is 3. The molecule has 3 aromatic heterocycles. The summed E-state index contributed by atoms with van der Waals surface area (Å²) >= 11 is 0. The molecule has 25 heavy (non-hydrogen) atoms. The highest BCUT2D eigenvalue weighted by molar-refractivity contribution is 5.73. The molecule has 1 aliphatic heterocycles. The molecule has 0 spiro atoms. The maximum atomic E-state index is 11.6. The predicted octanol–water partition coefficient (Wildman–Crippen LogP) is 1.93. The molecule has 0 bridgehead atoms. The number of likely N-dealkylation sites (tertiary alicyclic amines) is 1. The van der Waals surface area contributed by atoms with Gasteiger partial charge in [0.25, 0.3) is 0 Å². The van der Waals surface area contributed by atoms with Gasteiger partial charge in [-0.05, 0) is 26.3 Å². The maximum Gasteiger partial charge on any atom is 0.219 e. The van der Waals surface area contributed by atoms with E-state index in [1.807, 2.05) is 47.9 Å². The van der Waals surface area contributed by atoms with E-state index in [9.17, 15) is 4.79 Å². The van der Waals surface area contributed by atoms with Crippen molar-refractivity contribution in [3.05, 3.63) is 47.4 Å². The molecule has 0 saturated carbocycles. The van der Waals surface area contributed by atoms with Crippen LogP contribution in [0.15, 0.2) is 24.7 Å². The summed E-state index contributed by atoms with van der Waals surface area (Å²) in [6.07, 6.45) is 6.61. The third-order valence-corrected chi connectivity index (χ3v) is 5.15. The smallest absolute Gasteiger partial charge is 0.219 e. The molecule has 4 heterocycles. The third kappa shape index (κ3) is 2.69. The van der Waals surface area contributed by atoms with Crippen molar-refractivity contribution in [1.29, 1.82) is 0 Å². The van der Waals surface area contributed by atoms with E-state index in [1.165, 1.54) is 0 Å². The van der Waals surface area contributed by atoms with Gasteiger partial charge in [-0.1, -0.05) is 0 Å². The Morgan fingerprint density at radius 3 is 2.80 bits per heavy atom. The first kappa shape index (κ1) is 15.8. The van der Waals surface area contributed by atoms with Gasteiger partial charge >= 0.3 is 0 Å². The summed E-state index contributed by atoms with van der Waals surface area (Å²) in [5.41, 5.74) is 4.12. The van der Waals surface area contributed by atoms with Gasteiger partial charge in [-0.15, -0.1) is 0 Å². The minimum absolute atomic E-state index is 0.140. The molecule has 1 aliphatic rings. The molecule has 4 rings (SSSR count). The fourth-order valence-electron chi connectivity index (χ4n) is 3.64. The summed E-state index contributed by atoms with van der Waals surface area (Å²) in [7, 11) is 0. The Bertz CT molecular complexity index is 940. The lowest BCUT2D eigenvalue weighted by molar-refractivity contribution is -0.127. The van der Waals surface area contributed by atoms with Crippen LogP contribution in [-0.4, -0.2) is 48.0 Å². The SMILES string of the molecule is CC(=O)N1CC[C@@H](c2ccnc3c(Cn4ccnc4C)c(C)nn23)C1. The Labute approximate surface area is 146 Å². The molecule has 0 unspecified atom stereocenters. The van der Waals surface area contributed by atoms with Gasteiger partial charge < -0.3 is 9.47 Å². The summed E-state index contributed by atoms with van der Waals surface area (Å²) < 4.78 is 4.07. The van der Waals surface area contributed by atoms with E-state index in [0.717, 1.165) is 47.9 Å².